The first-order valence-electron chi connectivity index (χ1n) is 9.26. The molecule has 0 aliphatic heterocycles. The summed E-state index contributed by atoms with van der Waals surface area (Å²) in [5, 5.41) is 11.7. The third kappa shape index (κ3) is 5.99. The van der Waals surface area contributed by atoms with E-state index < -0.39 is 0 Å². The Bertz CT molecular complexity index is 910. The minimum Gasteiger partial charge on any atom is -0.497 e. The number of benzene rings is 2. The van der Waals surface area contributed by atoms with Crippen LogP contribution >= 0.6 is 11.8 Å². The molecule has 0 radical (unpaired) electrons. The van der Waals surface area contributed by atoms with Gasteiger partial charge in [0.15, 0.2) is 5.16 Å². The maximum atomic E-state index is 12.1. The number of carbonyl (C=O) groups is 1. The highest BCUT2D eigenvalue weighted by molar-refractivity contribution is 7.99. The van der Waals surface area contributed by atoms with Gasteiger partial charge in [0, 0.05) is 12.2 Å². The Labute approximate surface area is 174 Å². The lowest BCUT2D eigenvalue weighted by atomic mass is 10.1. The Morgan fingerprint density at radius 2 is 1.69 bits per heavy atom. The smallest absolute Gasteiger partial charge is 0.230 e. The monoisotopic (exact) mass is 412 g/mol. The maximum absolute atomic E-state index is 12.1. The second-order valence-corrected chi connectivity index (χ2v) is 7.21. The van der Waals surface area contributed by atoms with E-state index >= 15 is 0 Å². The molecule has 0 saturated carbocycles. The van der Waals surface area contributed by atoms with Gasteiger partial charge >= 0.3 is 0 Å². The van der Waals surface area contributed by atoms with E-state index in [-0.39, 0.29) is 11.7 Å². The highest BCUT2D eigenvalue weighted by Gasteiger charge is 2.10. The molecule has 0 atom stereocenters. The Hall–Kier alpha value is -3.00. The van der Waals surface area contributed by atoms with Crippen LogP contribution in [0.1, 0.15) is 12.0 Å². The maximum Gasteiger partial charge on any atom is 0.230 e. The molecule has 0 saturated heterocycles. The van der Waals surface area contributed by atoms with Crippen LogP contribution in [0.4, 0.5) is 0 Å². The van der Waals surface area contributed by atoms with E-state index in [1.54, 1.807) is 20.5 Å². The van der Waals surface area contributed by atoms with E-state index in [0.717, 1.165) is 30.0 Å². The molecule has 0 fully saturated rings. The fourth-order valence-electron chi connectivity index (χ4n) is 2.74. The van der Waals surface area contributed by atoms with Crippen molar-refractivity contribution in [3.63, 3.8) is 0 Å². The molecule has 0 spiro atoms. The molecule has 0 unspecified atom stereocenters. The van der Waals surface area contributed by atoms with Crippen LogP contribution < -0.4 is 14.8 Å². The van der Waals surface area contributed by atoms with E-state index in [9.17, 15) is 4.79 Å². The van der Waals surface area contributed by atoms with Crippen molar-refractivity contribution in [2.45, 2.75) is 18.0 Å². The Morgan fingerprint density at radius 3 is 2.34 bits per heavy atom. The second kappa shape index (κ2) is 10.5. The number of methoxy groups -OCH3 is 2. The minimum absolute atomic E-state index is 0.0194. The molecule has 1 amide bonds. The van der Waals surface area contributed by atoms with Crippen LogP contribution in [-0.4, -0.2) is 47.2 Å². The summed E-state index contributed by atoms with van der Waals surface area (Å²) in [6.45, 7) is 0.636. The van der Waals surface area contributed by atoms with Crippen molar-refractivity contribution < 1.29 is 14.3 Å². The van der Waals surface area contributed by atoms with Crippen molar-refractivity contribution in [1.29, 1.82) is 0 Å². The normalized spacial score (nSPS) is 10.6. The number of aryl methyl sites for hydroxylation is 1. The molecule has 3 aromatic rings. The summed E-state index contributed by atoms with van der Waals surface area (Å²) in [6.07, 6.45) is 3.42. The topological polar surface area (TPSA) is 78.3 Å². The molecule has 152 valence electrons. The van der Waals surface area contributed by atoms with Gasteiger partial charge in [0.2, 0.25) is 5.91 Å². The van der Waals surface area contributed by atoms with Crippen LogP contribution in [-0.2, 0) is 11.2 Å². The first kappa shape index (κ1) is 20.7. The molecule has 1 heterocycles. The quantitative estimate of drug-likeness (QED) is 0.407. The van der Waals surface area contributed by atoms with Crippen LogP contribution in [0, 0.1) is 0 Å². The molecule has 3 rings (SSSR count). The summed E-state index contributed by atoms with van der Waals surface area (Å²) < 4.78 is 12.2. The van der Waals surface area contributed by atoms with Crippen molar-refractivity contribution in [2.24, 2.45) is 0 Å². The Kier molecular flexibility index (Phi) is 7.52. The largest absolute Gasteiger partial charge is 0.497 e. The van der Waals surface area contributed by atoms with E-state index in [2.05, 4.69) is 15.5 Å². The molecular formula is C21H24N4O3S. The van der Waals surface area contributed by atoms with Crippen LogP contribution in [0.3, 0.4) is 0 Å². The number of nitrogens with one attached hydrogen (secondary N) is 1. The number of ether oxygens (including phenoxy) is 2. The van der Waals surface area contributed by atoms with E-state index in [4.69, 9.17) is 9.47 Å². The standard InChI is InChI=1S/C21H24N4O3S/c1-27-18-9-5-16(6-10-18)4-3-13-22-20(26)14-29-21-24-23-15-25(21)17-7-11-19(28-2)12-8-17/h5-12,15H,3-4,13-14H2,1-2H3,(H,22,26). The van der Waals surface area contributed by atoms with Gasteiger partial charge in [0.25, 0.3) is 0 Å². The lowest BCUT2D eigenvalue weighted by molar-refractivity contribution is -0.118. The van der Waals surface area contributed by atoms with Gasteiger partial charge in [-0.2, -0.15) is 0 Å². The molecule has 1 aromatic heterocycles. The van der Waals surface area contributed by atoms with Gasteiger partial charge in [0.05, 0.1) is 20.0 Å². The molecule has 0 aliphatic carbocycles. The number of hydrogen-bond acceptors (Lipinski definition) is 6. The van der Waals surface area contributed by atoms with Crippen molar-refractivity contribution in [3.8, 4) is 17.2 Å². The van der Waals surface area contributed by atoms with E-state index in [1.165, 1.54) is 17.3 Å². The van der Waals surface area contributed by atoms with Crippen LogP contribution in [0.2, 0.25) is 0 Å². The van der Waals surface area contributed by atoms with Crippen molar-refractivity contribution >= 4 is 17.7 Å². The molecule has 0 bridgehead atoms. The van der Waals surface area contributed by atoms with Gasteiger partial charge < -0.3 is 14.8 Å². The number of carbonyl (C=O) groups excluding carboxylic acids is 1. The summed E-state index contributed by atoms with van der Waals surface area (Å²) in [4.78, 5) is 12.1. The summed E-state index contributed by atoms with van der Waals surface area (Å²) in [5.74, 6) is 1.90. The predicted octanol–water partition coefficient (Wildman–Crippen LogP) is 3.13. The zero-order valence-electron chi connectivity index (χ0n) is 16.5. The summed E-state index contributed by atoms with van der Waals surface area (Å²) in [5.41, 5.74) is 2.14. The second-order valence-electron chi connectivity index (χ2n) is 6.27. The summed E-state index contributed by atoms with van der Waals surface area (Å²) in [6, 6.07) is 15.6. The van der Waals surface area contributed by atoms with Crippen molar-refractivity contribution in [1.82, 2.24) is 20.1 Å². The number of hydrogen-bond donors (Lipinski definition) is 1. The average molecular weight is 413 g/mol. The van der Waals surface area contributed by atoms with Gasteiger partial charge in [-0.05, 0) is 54.8 Å². The van der Waals surface area contributed by atoms with Gasteiger partial charge in [-0.1, -0.05) is 23.9 Å². The minimum atomic E-state index is -0.0194. The molecule has 7 nitrogen and oxygen atoms in total. The Balaban J connectivity index is 1.42. The number of aromatic nitrogens is 3. The van der Waals surface area contributed by atoms with Crippen LogP contribution in [0.5, 0.6) is 11.5 Å². The van der Waals surface area contributed by atoms with Gasteiger partial charge in [-0.3, -0.25) is 9.36 Å². The molecule has 1 N–H and O–H groups in total. The lowest BCUT2D eigenvalue weighted by Crippen LogP contribution is -2.26. The van der Waals surface area contributed by atoms with Crippen molar-refractivity contribution in [2.75, 3.05) is 26.5 Å². The average Bonchev–Trinajstić information content (AvgIpc) is 3.24. The third-order valence-corrected chi connectivity index (χ3v) is 5.27. The molecular weight excluding hydrogens is 388 g/mol. The SMILES string of the molecule is COc1ccc(CCCNC(=O)CSc2nncn2-c2ccc(OC)cc2)cc1. The molecule has 0 aliphatic rings. The highest BCUT2D eigenvalue weighted by atomic mass is 32.2. The zero-order chi connectivity index (χ0) is 20.5. The number of nitrogens with zero attached hydrogens (tertiary/aromatic N) is 3. The van der Waals surface area contributed by atoms with Crippen LogP contribution in [0.15, 0.2) is 60.0 Å². The molecule has 29 heavy (non-hydrogen) atoms. The summed E-state index contributed by atoms with van der Waals surface area (Å²) in [7, 11) is 3.28. The fourth-order valence-corrected chi connectivity index (χ4v) is 3.50. The highest BCUT2D eigenvalue weighted by Crippen LogP contribution is 2.21. The lowest BCUT2D eigenvalue weighted by Gasteiger charge is -2.08. The number of rotatable bonds is 10. The van der Waals surface area contributed by atoms with Gasteiger partial charge in [-0.15, -0.1) is 10.2 Å². The fraction of sp³-hybridized carbons (Fsp3) is 0.286. The molecule has 2 aromatic carbocycles. The van der Waals surface area contributed by atoms with E-state index in [0.29, 0.717) is 11.7 Å². The van der Waals surface area contributed by atoms with Gasteiger partial charge in [0.1, 0.15) is 17.8 Å². The summed E-state index contributed by atoms with van der Waals surface area (Å²) >= 11 is 1.36. The third-order valence-electron chi connectivity index (χ3n) is 4.32. The molecule has 8 heteroatoms. The van der Waals surface area contributed by atoms with Crippen LogP contribution in [0.25, 0.3) is 5.69 Å². The predicted molar refractivity (Wildman–Crippen MR) is 113 cm³/mol. The number of amides is 1. The zero-order valence-corrected chi connectivity index (χ0v) is 17.3. The Morgan fingerprint density at radius 1 is 1.03 bits per heavy atom. The first-order chi connectivity index (χ1) is 14.2. The first-order valence-corrected chi connectivity index (χ1v) is 10.2. The number of thioether (sulfide) groups is 1. The van der Waals surface area contributed by atoms with E-state index in [1.807, 2.05) is 53.1 Å². The van der Waals surface area contributed by atoms with Gasteiger partial charge in [-0.25, -0.2) is 0 Å². The van der Waals surface area contributed by atoms with Crippen molar-refractivity contribution in [3.05, 3.63) is 60.4 Å².